The molecule has 0 saturated heterocycles. The molecule has 0 saturated carbocycles. The fourth-order valence-electron chi connectivity index (χ4n) is 2.09. The topological polar surface area (TPSA) is 38.5 Å². The summed E-state index contributed by atoms with van der Waals surface area (Å²) in [6.45, 7) is 6.65. The van der Waals surface area contributed by atoms with Gasteiger partial charge in [0.05, 0.1) is 6.61 Å². The molecule has 1 unspecified atom stereocenters. The smallest absolute Gasteiger partial charge is 0.119 e. The number of likely N-dealkylation sites (N-methyl/N-ethyl adjacent to an activating group) is 1. The van der Waals surface area contributed by atoms with Crippen molar-refractivity contribution < 1.29 is 4.74 Å². The van der Waals surface area contributed by atoms with Crippen molar-refractivity contribution >= 4 is 0 Å². The monoisotopic (exact) mass is 250 g/mol. The summed E-state index contributed by atoms with van der Waals surface area (Å²) in [7, 11) is 2.14. The molecule has 0 aliphatic heterocycles. The summed E-state index contributed by atoms with van der Waals surface area (Å²) in [5, 5.41) is 0. The van der Waals surface area contributed by atoms with Gasteiger partial charge in [-0.3, -0.25) is 4.90 Å². The molecule has 0 spiro atoms. The molecule has 1 aromatic rings. The number of nitrogens with zero attached hydrogens (tertiary/aromatic N) is 1. The largest absolute Gasteiger partial charge is 0.494 e. The molecule has 0 heterocycles. The zero-order chi connectivity index (χ0) is 13.4. The van der Waals surface area contributed by atoms with Crippen LogP contribution < -0.4 is 10.5 Å². The first-order chi connectivity index (χ1) is 8.72. The molecule has 102 valence electrons. The maximum atomic E-state index is 5.90. The molecule has 0 fully saturated rings. The maximum absolute atomic E-state index is 5.90. The molecule has 3 heteroatoms. The number of rotatable bonds is 8. The SMILES string of the molecule is CCCCN(C)C(CN)c1ccc(OCC)cc1. The van der Waals surface area contributed by atoms with Crippen LogP contribution in [0.5, 0.6) is 5.75 Å². The predicted octanol–water partition coefficient (Wildman–Crippen LogP) is 2.82. The minimum absolute atomic E-state index is 0.298. The van der Waals surface area contributed by atoms with E-state index in [1.165, 1.54) is 18.4 Å². The first kappa shape index (κ1) is 15.0. The van der Waals surface area contributed by atoms with E-state index in [9.17, 15) is 0 Å². The van der Waals surface area contributed by atoms with Crippen LogP contribution in [0.1, 0.15) is 38.3 Å². The Hall–Kier alpha value is -1.06. The summed E-state index contributed by atoms with van der Waals surface area (Å²) < 4.78 is 5.45. The molecule has 0 aliphatic carbocycles. The van der Waals surface area contributed by atoms with Crippen LogP contribution in [0, 0.1) is 0 Å². The molecule has 18 heavy (non-hydrogen) atoms. The van der Waals surface area contributed by atoms with Crippen LogP contribution >= 0.6 is 0 Å². The van der Waals surface area contributed by atoms with E-state index in [1.807, 2.05) is 19.1 Å². The number of ether oxygens (including phenoxy) is 1. The number of hydrogen-bond donors (Lipinski definition) is 1. The van der Waals surface area contributed by atoms with Crippen molar-refractivity contribution in [2.75, 3.05) is 26.7 Å². The molecule has 0 bridgehead atoms. The van der Waals surface area contributed by atoms with E-state index in [-0.39, 0.29) is 0 Å². The third kappa shape index (κ3) is 4.31. The quantitative estimate of drug-likeness (QED) is 0.771. The Morgan fingerprint density at radius 2 is 1.89 bits per heavy atom. The van der Waals surface area contributed by atoms with E-state index in [2.05, 4.69) is 31.0 Å². The van der Waals surface area contributed by atoms with Gasteiger partial charge in [0, 0.05) is 12.6 Å². The van der Waals surface area contributed by atoms with Gasteiger partial charge in [-0.2, -0.15) is 0 Å². The van der Waals surface area contributed by atoms with E-state index in [0.29, 0.717) is 19.2 Å². The van der Waals surface area contributed by atoms with Crippen molar-refractivity contribution in [3.05, 3.63) is 29.8 Å². The predicted molar refractivity (Wildman–Crippen MR) is 76.9 cm³/mol. The van der Waals surface area contributed by atoms with Gasteiger partial charge in [-0.25, -0.2) is 0 Å². The third-order valence-electron chi connectivity index (χ3n) is 3.20. The molecule has 0 aliphatic rings. The lowest BCUT2D eigenvalue weighted by molar-refractivity contribution is 0.246. The Kier molecular flexibility index (Phi) is 6.76. The minimum Gasteiger partial charge on any atom is -0.494 e. The second kappa shape index (κ2) is 8.11. The van der Waals surface area contributed by atoms with Gasteiger partial charge in [0.2, 0.25) is 0 Å². The molecule has 1 rings (SSSR count). The lowest BCUT2D eigenvalue weighted by Gasteiger charge is -2.27. The molecular weight excluding hydrogens is 224 g/mol. The van der Waals surface area contributed by atoms with Gasteiger partial charge >= 0.3 is 0 Å². The van der Waals surface area contributed by atoms with Crippen molar-refractivity contribution in [3.8, 4) is 5.75 Å². The maximum Gasteiger partial charge on any atom is 0.119 e. The van der Waals surface area contributed by atoms with Crippen LogP contribution in [-0.2, 0) is 0 Å². The van der Waals surface area contributed by atoms with E-state index in [4.69, 9.17) is 10.5 Å². The highest BCUT2D eigenvalue weighted by Gasteiger charge is 2.14. The van der Waals surface area contributed by atoms with Crippen molar-refractivity contribution in [1.82, 2.24) is 4.90 Å². The lowest BCUT2D eigenvalue weighted by atomic mass is 10.1. The third-order valence-corrected chi connectivity index (χ3v) is 3.20. The average Bonchev–Trinajstić information content (AvgIpc) is 2.39. The standard InChI is InChI=1S/C15H26N2O/c1-4-6-11-17(3)15(12-16)13-7-9-14(10-8-13)18-5-2/h7-10,15H,4-6,11-12,16H2,1-3H3. The Morgan fingerprint density at radius 3 is 2.39 bits per heavy atom. The molecule has 0 amide bonds. The van der Waals surface area contributed by atoms with Crippen molar-refractivity contribution in [2.45, 2.75) is 32.7 Å². The van der Waals surface area contributed by atoms with Gasteiger partial charge < -0.3 is 10.5 Å². The van der Waals surface area contributed by atoms with Crippen LogP contribution in [0.2, 0.25) is 0 Å². The van der Waals surface area contributed by atoms with Crippen molar-refractivity contribution in [1.29, 1.82) is 0 Å². The van der Waals surface area contributed by atoms with E-state index in [0.717, 1.165) is 12.3 Å². The Bertz CT molecular complexity index is 324. The fraction of sp³-hybridized carbons (Fsp3) is 0.600. The van der Waals surface area contributed by atoms with Crippen LogP contribution in [-0.4, -0.2) is 31.6 Å². The molecular formula is C15H26N2O. The first-order valence-electron chi connectivity index (χ1n) is 6.86. The van der Waals surface area contributed by atoms with Crippen LogP contribution in [0.3, 0.4) is 0 Å². The highest BCUT2D eigenvalue weighted by atomic mass is 16.5. The van der Waals surface area contributed by atoms with E-state index >= 15 is 0 Å². The molecule has 0 aromatic heterocycles. The summed E-state index contributed by atoms with van der Waals surface area (Å²) in [4.78, 5) is 2.33. The zero-order valence-electron chi connectivity index (χ0n) is 11.9. The average molecular weight is 250 g/mol. The van der Waals surface area contributed by atoms with Crippen LogP contribution in [0.25, 0.3) is 0 Å². The van der Waals surface area contributed by atoms with E-state index < -0.39 is 0 Å². The van der Waals surface area contributed by atoms with Crippen molar-refractivity contribution in [3.63, 3.8) is 0 Å². The van der Waals surface area contributed by atoms with Gasteiger partial charge in [0.1, 0.15) is 5.75 Å². The second-order valence-electron chi connectivity index (χ2n) is 4.59. The lowest BCUT2D eigenvalue weighted by Crippen LogP contribution is -2.31. The number of benzene rings is 1. The van der Waals surface area contributed by atoms with Gasteiger partial charge in [0.15, 0.2) is 0 Å². The summed E-state index contributed by atoms with van der Waals surface area (Å²) in [6, 6.07) is 8.58. The van der Waals surface area contributed by atoms with Gasteiger partial charge in [-0.05, 0) is 44.6 Å². The summed E-state index contributed by atoms with van der Waals surface area (Å²) in [5.41, 5.74) is 7.16. The molecule has 2 N–H and O–H groups in total. The molecule has 1 aromatic carbocycles. The number of hydrogen-bond acceptors (Lipinski definition) is 3. The molecule has 3 nitrogen and oxygen atoms in total. The van der Waals surface area contributed by atoms with Gasteiger partial charge in [-0.1, -0.05) is 25.5 Å². The highest BCUT2D eigenvalue weighted by molar-refractivity contribution is 5.29. The summed E-state index contributed by atoms with van der Waals surface area (Å²) >= 11 is 0. The van der Waals surface area contributed by atoms with Crippen LogP contribution in [0.4, 0.5) is 0 Å². The number of unbranched alkanes of at least 4 members (excludes halogenated alkanes) is 1. The summed E-state index contributed by atoms with van der Waals surface area (Å²) in [6.07, 6.45) is 2.43. The highest BCUT2D eigenvalue weighted by Crippen LogP contribution is 2.21. The van der Waals surface area contributed by atoms with Gasteiger partial charge in [0.25, 0.3) is 0 Å². The molecule has 0 radical (unpaired) electrons. The van der Waals surface area contributed by atoms with Gasteiger partial charge in [-0.15, -0.1) is 0 Å². The fourth-order valence-corrected chi connectivity index (χ4v) is 2.09. The number of nitrogens with two attached hydrogens (primary N) is 1. The van der Waals surface area contributed by atoms with Crippen LogP contribution in [0.15, 0.2) is 24.3 Å². The second-order valence-corrected chi connectivity index (χ2v) is 4.59. The van der Waals surface area contributed by atoms with E-state index in [1.54, 1.807) is 0 Å². The first-order valence-corrected chi connectivity index (χ1v) is 6.86. The Morgan fingerprint density at radius 1 is 1.22 bits per heavy atom. The Balaban J connectivity index is 2.69. The zero-order valence-corrected chi connectivity index (χ0v) is 11.9. The van der Waals surface area contributed by atoms with Crippen molar-refractivity contribution in [2.24, 2.45) is 5.73 Å². The Labute approximate surface area is 111 Å². The summed E-state index contributed by atoms with van der Waals surface area (Å²) in [5.74, 6) is 0.924. The normalized spacial score (nSPS) is 12.7. The molecule has 1 atom stereocenters. The minimum atomic E-state index is 0.298.